The topological polar surface area (TPSA) is 152 Å². The molecule has 3 atom stereocenters. The third-order valence-corrected chi connectivity index (χ3v) is 4.80. The number of methoxy groups -OCH3 is 1. The average Bonchev–Trinajstić information content (AvgIpc) is 2.77. The summed E-state index contributed by atoms with van der Waals surface area (Å²) < 4.78 is 19.8. The lowest BCUT2D eigenvalue weighted by Crippen LogP contribution is -2.67. The Labute approximate surface area is 189 Å². The Bertz CT molecular complexity index is 943. The van der Waals surface area contributed by atoms with Gasteiger partial charge in [0.2, 0.25) is 5.91 Å². The minimum atomic E-state index is -1.12. The zero-order valence-corrected chi connectivity index (χ0v) is 18.3. The minimum Gasteiger partial charge on any atom is -0.467 e. The quantitative estimate of drug-likeness (QED) is 0.126. The fraction of sp³-hybridized carbons (Fsp3) is 0.429. The van der Waals surface area contributed by atoms with Crippen molar-refractivity contribution in [2.24, 2.45) is 5.92 Å². The summed E-state index contributed by atoms with van der Waals surface area (Å²) in [6.07, 6.45) is -2.03. The molecule has 1 amide bonds. The van der Waals surface area contributed by atoms with Gasteiger partial charge in [-0.1, -0.05) is 6.58 Å². The van der Waals surface area contributed by atoms with E-state index in [1.165, 1.54) is 31.2 Å². The van der Waals surface area contributed by atoms with E-state index in [2.05, 4.69) is 6.58 Å². The lowest BCUT2D eigenvalue weighted by atomic mass is 9.89. The Morgan fingerprint density at radius 2 is 1.82 bits per heavy atom. The number of carbonyl (C=O) groups is 4. The maximum absolute atomic E-state index is 12.6. The number of hydrogen-bond acceptors (Lipinski definition) is 10. The highest BCUT2D eigenvalue weighted by Gasteiger charge is 2.54. The molecule has 1 heterocycles. The van der Waals surface area contributed by atoms with Gasteiger partial charge >= 0.3 is 18.1 Å². The van der Waals surface area contributed by atoms with Gasteiger partial charge in [0, 0.05) is 19.1 Å². The zero-order valence-electron chi connectivity index (χ0n) is 18.3. The molecule has 33 heavy (non-hydrogen) atoms. The Morgan fingerprint density at radius 3 is 2.33 bits per heavy atom. The van der Waals surface area contributed by atoms with Crippen LogP contribution in [0.25, 0.3) is 0 Å². The molecule has 178 valence electrons. The molecule has 0 saturated carbocycles. The molecule has 2 unspecified atom stereocenters. The van der Waals surface area contributed by atoms with Crippen molar-refractivity contribution in [1.29, 1.82) is 0 Å². The standard InChI is InChI=1S/C21H24N2O10/c1-12(2)17(20(26)30-4)22-18(25)16(19(22)33-13(3)24)9-10-31-21(27)32-11-14-5-7-15(8-6-14)23(28)29/h5-8,16-17,19H,1,9-11H2,2-4H3/t16-,17?,19?/m0/s1. The van der Waals surface area contributed by atoms with Crippen LogP contribution in [0.3, 0.4) is 0 Å². The molecule has 1 aromatic carbocycles. The number of β-lactam (4-membered cyclic amide) rings is 1. The van der Waals surface area contributed by atoms with Gasteiger partial charge in [-0.05, 0) is 36.6 Å². The number of benzene rings is 1. The fourth-order valence-corrected chi connectivity index (χ4v) is 3.23. The number of hydrogen-bond donors (Lipinski definition) is 0. The summed E-state index contributed by atoms with van der Waals surface area (Å²) in [6.45, 7) is 6.02. The van der Waals surface area contributed by atoms with E-state index in [1.54, 1.807) is 0 Å². The van der Waals surface area contributed by atoms with Crippen molar-refractivity contribution in [2.45, 2.75) is 39.1 Å². The molecule has 1 aromatic rings. The lowest BCUT2D eigenvalue weighted by molar-refractivity contribution is -0.384. The normalized spacial score (nSPS) is 17.9. The molecule has 0 aliphatic carbocycles. The smallest absolute Gasteiger partial charge is 0.467 e. The van der Waals surface area contributed by atoms with E-state index < -0.39 is 47.1 Å². The maximum atomic E-state index is 12.6. The Morgan fingerprint density at radius 1 is 1.18 bits per heavy atom. The van der Waals surface area contributed by atoms with Gasteiger partial charge in [-0.2, -0.15) is 0 Å². The molecular weight excluding hydrogens is 440 g/mol. The molecule has 0 spiro atoms. The lowest BCUT2D eigenvalue weighted by Gasteiger charge is -2.48. The van der Waals surface area contributed by atoms with Crippen LogP contribution in [-0.4, -0.2) is 59.8 Å². The summed E-state index contributed by atoms with van der Waals surface area (Å²) in [4.78, 5) is 59.2. The van der Waals surface area contributed by atoms with Crippen LogP contribution in [0.5, 0.6) is 0 Å². The number of carbonyl (C=O) groups excluding carboxylic acids is 4. The third-order valence-electron chi connectivity index (χ3n) is 4.80. The first-order valence-electron chi connectivity index (χ1n) is 9.82. The van der Waals surface area contributed by atoms with Crippen LogP contribution in [0.1, 0.15) is 25.8 Å². The summed E-state index contributed by atoms with van der Waals surface area (Å²) >= 11 is 0. The molecule has 0 aromatic heterocycles. The molecular formula is C21H24N2O10. The molecule has 1 saturated heterocycles. The molecule has 1 fully saturated rings. The van der Waals surface area contributed by atoms with Crippen molar-refractivity contribution in [2.75, 3.05) is 13.7 Å². The van der Waals surface area contributed by atoms with Gasteiger partial charge in [0.25, 0.3) is 5.69 Å². The molecule has 0 bridgehead atoms. The van der Waals surface area contributed by atoms with Gasteiger partial charge in [-0.25, -0.2) is 9.59 Å². The van der Waals surface area contributed by atoms with E-state index >= 15 is 0 Å². The van der Waals surface area contributed by atoms with Crippen molar-refractivity contribution >= 4 is 29.7 Å². The van der Waals surface area contributed by atoms with Crippen molar-refractivity contribution in [3.8, 4) is 0 Å². The predicted octanol–water partition coefficient (Wildman–Crippen LogP) is 2.10. The Hall–Kier alpha value is -3.96. The molecule has 1 aliphatic heterocycles. The number of nitro groups is 1. The number of ether oxygens (including phenoxy) is 4. The second-order valence-corrected chi connectivity index (χ2v) is 7.22. The summed E-state index contributed by atoms with van der Waals surface area (Å²) in [5.41, 5.74) is 0.756. The van der Waals surface area contributed by atoms with E-state index in [0.717, 1.165) is 18.9 Å². The number of likely N-dealkylation sites (tertiary alicyclic amines) is 1. The van der Waals surface area contributed by atoms with Crippen molar-refractivity contribution in [1.82, 2.24) is 4.90 Å². The number of rotatable bonds is 10. The third kappa shape index (κ3) is 6.28. The molecule has 0 radical (unpaired) electrons. The number of nitrogens with zero attached hydrogens (tertiary/aromatic N) is 2. The minimum absolute atomic E-state index is 0.0179. The number of amides is 1. The van der Waals surface area contributed by atoms with Gasteiger partial charge in [0.15, 0.2) is 12.3 Å². The summed E-state index contributed by atoms with van der Waals surface area (Å²) in [5, 5.41) is 10.6. The van der Waals surface area contributed by atoms with E-state index in [1.807, 2.05) is 0 Å². The van der Waals surface area contributed by atoms with Gasteiger partial charge < -0.3 is 18.9 Å². The monoisotopic (exact) mass is 464 g/mol. The van der Waals surface area contributed by atoms with Gasteiger partial charge in [0.05, 0.1) is 24.6 Å². The Kier molecular flexibility index (Phi) is 8.49. The van der Waals surface area contributed by atoms with E-state index in [9.17, 15) is 29.3 Å². The molecule has 1 aliphatic rings. The highest BCUT2D eigenvalue weighted by atomic mass is 16.7. The van der Waals surface area contributed by atoms with Crippen LogP contribution in [0.15, 0.2) is 36.4 Å². The molecule has 12 nitrogen and oxygen atoms in total. The number of non-ortho nitro benzene ring substituents is 1. The highest BCUT2D eigenvalue weighted by Crippen LogP contribution is 2.35. The van der Waals surface area contributed by atoms with Crippen LogP contribution in [0.2, 0.25) is 0 Å². The number of nitro benzene ring substituents is 1. The predicted molar refractivity (Wildman–Crippen MR) is 110 cm³/mol. The van der Waals surface area contributed by atoms with Crippen LogP contribution in [0, 0.1) is 16.0 Å². The zero-order chi connectivity index (χ0) is 24.7. The summed E-state index contributed by atoms with van der Waals surface area (Å²) in [5.74, 6) is -2.70. The first kappa shape index (κ1) is 25.3. The second kappa shape index (κ2) is 11.1. The molecule has 2 rings (SSSR count). The van der Waals surface area contributed by atoms with E-state index in [4.69, 9.17) is 18.9 Å². The maximum Gasteiger partial charge on any atom is 0.508 e. The van der Waals surface area contributed by atoms with Crippen molar-refractivity contribution in [3.05, 3.63) is 52.1 Å². The van der Waals surface area contributed by atoms with Crippen molar-refractivity contribution < 1.29 is 43.0 Å². The first-order chi connectivity index (χ1) is 15.6. The van der Waals surface area contributed by atoms with Crippen LogP contribution in [-0.2, 0) is 39.9 Å². The first-order valence-corrected chi connectivity index (χ1v) is 9.82. The average molecular weight is 464 g/mol. The summed E-state index contributed by atoms with van der Waals surface area (Å²) in [7, 11) is 1.16. The summed E-state index contributed by atoms with van der Waals surface area (Å²) in [6, 6.07) is 4.32. The SMILES string of the molecule is C=C(C)C(C(=O)OC)N1C(=O)[C@H](CCOC(=O)OCc2ccc([N+](=O)[O-])cc2)C1OC(C)=O. The van der Waals surface area contributed by atoms with E-state index in [-0.39, 0.29) is 25.3 Å². The largest absolute Gasteiger partial charge is 0.508 e. The number of esters is 2. The van der Waals surface area contributed by atoms with Gasteiger partial charge in [0.1, 0.15) is 6.61 Å². The van der Waals surface area contributed by atoms with Crippen molar-refractivity contribution in [3.63, 3.8) is 0 Å². The second-order valence-electron chi connectivity index (χ2n) is 7.22. The van der Waals surface area contributed by atoms with Gasteiger partial charge in [-0.15, -0.1) is 0 Å². The highest BCUT2D eigenvalue weighted by molar-refractivity contribution is 5.92. The van der Waals surface area contributed by atoms with Gasteiger partial charge in [-0.3, -0.25) is 24.6 Å². The molecule has 12 heteroatoms. The van der Waals surface area contributed by atoms with Crippen LogP contribution >= 0.6 is 0 Å². The molecule has 0 N–H and O–H groups in total. The van der Waals surface area contributed by atoms with Crippen LogP contribution in [0.4, 0.5) is 10.5 Å². The fourth-order valence-electron chi connectivity index (χ4n) is 3.23. The van der Waals surface area contributed by atoms with E-state index in [0.29, 0.717) is 11.1 Å². The Balaban J connectivity index is 1.89. The van der Waals surface area contributed by atoms with Crippen LogP contribution < -0.4 is 0 Å².